The predicted molar refractivity (Wildman–Crippen MR) is 254 cm³/mol. The third-order valence-electron chi connectivity index (χ3n) is 11.9. The molecule has 0 bridgehead atoms. The van der Waals surface area contributed by atoms with E-state index in [2.05, 4.69) is 174 Å². The molecule has 0 aliphatic rings. The lowest BCUT2D eigenvalue weighted by Gasteiger charge is -2.17. The molecule has 0 aliphatic carbocycles. The smallest absolute Gasteiger partial charge is 0.166 e. The van der Waals surface area contributed by atoms with Gasteiger partial charge in [0.15, 0.2) is 17.5 Å². The standard InChI is InChI=1S/C57H36N4O/c1-5-17-37(18-6-1)43-31-29-41(35-47(43)38-19-7-2-8-20-38)42-30-33-50(48(36-42)57-59-55(39-21-9-3-10-22-39)58-56(60-57)40-23-11-4-12-24-40)61-49-27-15-13-25-44(49)45-32-34-52-53(54(45)61)46-26-14-16-28-51(46)62-52/h1-36H. The van der Waals surface area contributed by atoms with Gasteiger partial charge in [0.25, 0.3) is 0 Å². The van der Waals surface area contributed by atoms with Crippen molar-refractivity contribution in [3.8, 4) is 73.2 Å². The first-order valence-electron chi connectivity index (χ1n) is 20.9. The Hall–Kier alpha value is -8.41. The number of aromatic nitrogens is 4. The molecule has 12 aromatic rings. The second kappa shape index (κ2) is 14.7. The highest BCUT2D eigenvalue weighted by Crippen LogP contribution is 2.44. The zero-order chi connectivity index (χ0) is 41.0. The zero-order valence-corrected chi connectivity index (χ0v) is 33.5. The van der Waals surface area contributed by atoms with E-state index in [0.29, 0.717) is 17.5 Å². The summed E-state index contributed by atoms with van der Waals surface area (Å²) in [6.07, 6.45) is 0. The van der Waals surface area contributed by atoms with Crippen molar-refractivity contribution in [3.63, 3.8) is 0 Å². The third kappa shape index (κ3) is 5.98. The summed E-state index contributed by atoms with van der Waals surface area (Å²) in [5.74, 6) is 1.79. The molecule has 3 aromatic heterocycles. The number of hydrogen-bond donors (Lipinski definition) is 0. The first-order chi connectivity index (χ1) is 30.7. The molecule has 0 aliphatic heterocycles. The number of rotatable bonds is 7. The van der Waals surface area contributed by atoms with Gasteiger partial charge in [0.2, 0.25) is 0 Å². The minimum absolute atomic E-state index is 0.578. The van der Waals surface area contributed by atoms with Gasteiger partial charge in [0.1, 0.15) is 11.2 Å². The number of para-hydroxylation sites is 2. The Bertz CT molecular complexity index is 3560. The van der Waals surface area contributed by atoms with Gasteiger partial charge in [-0.15, -0.1) is 0 Å². The molecule has 5 nitrogen and oxygen atoms in total. The van der Waals surface area contributed by atoms with E-state index in [9.17, 15) is 0 Å². The monoisotopic (exact) mass is 792 g/mol. The average Bonchev–Trinajstić information content (AvgIpc) is 3.90. The van der Waals surface area contributed by atoms with Crippen molar-refractivity contribution in [2.24, 2.45) is 0 Å². The van der Waals surface area contributed by atoms with E-state index < -0.39 is 0 Å². The van der Waals surface area contributed by atoms with Gasteiger partial charge in [-0.25, -0.2) is 15.0 Å². The molecule has 0 unspecified atom stereocenters. The maximum Gasteiger partial charge on any atom is 0.166 e. The third-order valence-corrected chi connectivity index (χ3v) is 11.9. The van der Waals surface area contributed by atoms with Crippen molar-refractivity contribution in [2.45, 2.75) is 0 Å². The Morgan fingerprint density at radius 3 is 1.50 bits per heavy atom. The van der Waals surface area contributed by atoms with Crippen LogP contribution in [0.25, 0.3) is 117 Å². The first-order valence-corrected chi connectivity index (χ1v) is 20.9. The summed E-state index contributed by atoms with van der Waals surface area (Å²) < 4.78 is 8.90. The highest BCUT2D eigenvalue weighted by atomic mass is 16.3. The molecule has 0 saturated carbocycles. The summed E-state index contributed by atoms with van der Waals surface area (Å²) in [5.41, 5.74) is 14.3. The number of nitrogens with zero attached hydrogens (tertiary/aromatic N) is 4. The van der Waals surface area contributed by atoms with E-state index in [1.165, 1.54) is 11.1 Å². The maximum atomic E-state index is 6.51. The number of benzene rings is 9. The van der Waals surface area contributed by atoms with Crippen LogP contribution in [0.15, 0.2) is 223 Å². The Kier molecular flexibility index (Phi) is 8.42. The van der Waals surface area contributed by atoms with Crippen LogP contribution >= 0.6 is 0 Å². The van der Waals surface area contributed by atoms with Crippen LogP contribution in [0, 0.1) is 0 Å². The molecule has 0 N–H and O–H groups in total. The van der Waals surface area contributed by atoms with Crippen molar-refractivity contribution in [2.75, 3.05) is 0 Å². The van der Waals surface area contributed by atoms with Gasteiger partial charge in [0, 0.05) is 32.8 Å². The summed E-state index contributed by atoms with van der Waals surface area (Å²) in [5, 5.41) is 4.43. The van der Waals surface area contributed by atoms with Gasteiger partial charge in [-0.2, -0.15) is 0 Å². The Balaban J connectivity index is 1.17. The van der Waals surface area contributed by atoms with Crippen molar-refractivity contribution in [1.82, 2.24) is 19.5 Å². The SMILES string of the molecule is c1ccc(-c2nc(-c3ccccc3)nc(-c3cc(-c4ccc(-c5ccccc5)c(-c5ccccc5)c4)ccc3-n3c4ccccc4c4ccc5oc6ccccc6c5c43)n2)cc1. The fourth-order valence-corrected chi connectivity index (χ4v) is 8.98. The molecule has 0 spiro atoms. The van der Waals surface area contributed by atoms with E-state index in [1.807, 2.05) is 48.5 Å². The molecule has 12 rings (SSSR count). The Labute approximate surface area is 357 Å². The fourth-order valence-electron chi connectivity index (χ4n) is 8.98. The lowest BCUT2D eigenvalue weighted by Crippen LogP contribution is -2.04. The molecule has 0 saturated heterocycles. The van der Waals surface area contributed by atoms with Gasteiger partial charge < -0.3 is 8.98 Å². The molecular formula is C57H36N4O. The molecule has 0 amide bonds. The first kappa shape index (κ1) is 35.5. The minimum atomic E-state index is 0.578. The second-order valence-corrected chi connectivity index (χ2v) is 15.5. The van der Waals surface area contributed by atoms with Crippen molar-refractivity contribution < 1.29 is 4.42 Å². The van der Waals surface area contributed by atoms with Crippen molar-refractivity contribution in [1.29, 1.82) is 0 Å². The van der Waals surface area contributed by atoms with E-state index in [4.69, 9.17) is 19.4 Å². The predicted octanol–water partition coefficient (Wildman–Crippen LogP) is 14.9. The summed E-state index contributed by atoms with van der Waals surface area (Å²) >= 11 is 0. The Morgan fingerprint density at radius 1 is 0.323 bits per heavy atom. The zero-order valence-electron chi connectivity index (χ0n) is 33.5. The van der Waals surface area contributed by atoms with Gasteiger partial charge in [-0.05, 0) is 75.8 Å². The molecule has 290 valence electrons. The van der Waals surface area contributed by atoms with Gasteiger partial charge in [-0.1, -0.05) is 176 Å². The second-order valence-electron chi connectivity index (χ2n) is 15.5. The highest BCUT2D eigenvalue weighted by Gasteiger charge is 2.23. The Morgan fingerprint density at radius 2 is 0.839 bits per heavy atom. The van der Waals surface area contributed by atoms with E-state index in [-0.39, 0.29) is 0 Å². The number of hydrogen-bond acceptors (Lipinski definition) is 4. The molecule has 0 radical (unpaired) electrons. The largest absolute Gasteiger partial charge is 0.456 e. The maximum absolute atomic E-state index is 6.51. The molecule has 62 heavy (non-hydrogen) atoms. The summed E-state index contributed by atoms with van der Waals surface area (Å²) in [6, 6.07) is 76.3. The van der Waals surface area contributed by atoms with Crippen LogP contribution in [0.2, 0.25) is 0 Å². The molecule has 0 atom stereocenters. The summed E-state index contributed by atoms with van der Waals surface area (Å²) in [4.78, 5) is 15.7. The van der Waals surface area contributed by atoms with Crippen molar-refractivity contribution in [3.05, 3.63) is 218 Å². The van der Waals surface area contributed by atoms with E-state index in [0.717, 1.165) is 88.4 Å². The minimum Gasteiger partial charge on any atom is -0.456 e. The van der Waals surface area contributed by atoms with Crippen LogP contribution in [0.4, 0.5) is 0 Å². The average molecular weight is 793 g/mol. The lowest BCUT2D eigenvalue weighted by atomic mass is 9.90. The molecule has 5 heteroatoms. The van der Waals surface area contributed by atoms with E-state index in [1.54, 1.807) is 0 Å². The normalized spacial score (nSPS) is 11.5. The fraction of sp³-hybridized carbons (Fsp3) is 0. The number of fused-ring (bicyclic) bond motifs is 7. The van der Waals surface area contributed by atoms with E-state index >= 15 is 0 Å². The van der Waals surface area contributed by atoms with Gasteiger partial charge in [0.05, 0.1) is 22.1 Å². The molecular weight excluding hydrogens is 757 g/mol. The van der Waals surface area contributed by atoms with Crippen LogP contribution in [0.5, 0.6) is 0 Å². The van der Waals surface area contributed by atoms with Crippen molar-refractivity contribution >= 4 is 43.7 Å². The van der Waals surface area contributed by atoms with Crippen LogP contribution in [-0.2, 0) is 0 Å². The molecule has 0 fully saturated rings. The molecule has 3 heterocycles. The molecule has 9 aromatic carbocycles. The lowest BCUT2D eigenvalue weighted by molar-refractivity contribution is 0.669. The topological polar surface area (TPSA) is 56.7 Å². The van der Waals surface area contributed by atoms with Crippen LogP contribution < -0.4 is 0 Å². The highest BCUT2D eigenvalue weighted by molar-refractivity contribution is 6.24. The van der Waals surface area contributed by atoms with Gasteiger partial charge >= 0.3 is 0 Å². The van der Waals surface area contributed by atoms with Crippen LogP contribution in [0.3, 0.4) is 0 Å². The van der Waals surface area contributed by atoms with Gasteiger partial charge in [-0.3, -0.25) is 0 Å². The number of furan rings is 1. The summed E-state index contributed by atoms with van der Waals surface area (Å²) in [7, 11) is 0. The van der Waals surface area contributed by atoms with Crippen LogP contribution in [-0.4, -0.2) is 19.5 Å². The quantitative estimate of drug-likeness (QED) is 0.161. The summed E-state index contributed by atoms with van der Waals surface area (Å²) in [6.45, 7) is 0. The van der Waals surface area contributed by atoms with Crippen LogP contribution in [0.1, 0.15) is 0 Å².